The van der Waals surface area contributed by atoms with Crippen LogP contribution in [0.2, 0.25) is 0 Å². The molecule has 29 heavy (non-hydrogen) atoms. The first-order chi connectivity index (χ1) is 14.0. The number of aliphatic hydroxyl groups excluding tert-OH is 2. The summed E-state index contributed by atoms with van der Waals surface area (Å²) in [5.41, 5.74) is 0. The number of ether oxygens (including phenoxy) is 7. The zero-order valence-corrected chi connectivity index (χ0v) is 17.9. The van der Waals surface area contributed by atoms with Gasteiger partial charge < -0.3 is 54.0 Å². The third kappa shape index (κ3) is 5.25. The van der Waals surface area contributed by atoms with Crippen molar-refractivity contribution >= 4 is 0 Å². The van der Waals surface area contributed by atoms with Crippen LogP contribution in [0.4, 0.5) is 0 Å². The average Bonchev–Trinajstić information content (AvgIpc) is 2.75. The van der Waals surface area contributed by atoms with Crippen LogP contribution in [0, 0.1) is 0 Å². The highest BCUT2D eigenvalue weighted by Crippen LogP contribution is 2.28. The number of methoxy groups -OCH3 is 4. The lowest BCUT2D eigenvalue weighted by atomic mass is 9.95. The molecule has 11 heteroatoms. The molecule has 0 aliphatic carbocycles. The quantitative estimate of drug-likeness (QED) is 0.301. The van der Waals surface area contributed by atoms with Gasteiger partial charge in [-0.15, -0.1) is 0 Å². The lowest BCUT2D eigenvalue weighted by molar-refractivity contribution is -0.304. The van der Waals surface area contributed by atoms with E-state index in [1.54, 1.807) is 42.5 Å². The Kier molecular flexibility index (Phi) is 10.1. The van der Waals surface area contributed by atoms with Crippen LogP contribution in [0.1, 0.15) is 0 Å². The van der Waals surface area contributed by atoms with E-state index in [-0.39, 0.29) is 19.3 Å². The molecule has 172 valence electrons. The summed E-state index contributed by atoms with van der Waals surface area (Å²) >= 11 is 0. The second kappa shape index (κ2) is 11.8. The van der Waals surface area contributed by atoms with E-state index >= 15 is 0 Å². The zero-order chi connectivity index (χ0) is 21.6. The number of hydrogen-bond donors (Lipinski definition) is 4. The number of likely N-dealkylation sites (N-methyl/N-ethyl adjacent to an activating group) is 2. The normalized spacial score (nSPS) is 43.4. The van der Waals surface area contributed by atoms with Crippen molar-refractivity contribution in [1.29, 1.82) is 0 Å². The number of rotatable bonds is 10. The minimum absolute atomic E-state index is 0.0704. The Hall–Kier alpha value is -0.440. The van der Waals surface area contributed by atoms with Crippen molar-refractivity contribution < 1.29 is 43.4 Å². The predicted octanol–water partition coefficient (Wildman–Crippen LogP) is -2.33. The van der Waals surface area contributed by atoms with Crippen molar-refractivity contribution in [2.24, 2.45) is 0 Å². The average molecular weight is 424 g/mol. The van der Waals surface area contributed by atoms with Crippen LogP contribution in [0.25, 0.3) is 0 Å². The maximum Gasteiger partial charge on any atom is 0.176 e. The number of hydrogen-bond acceptors (Lipinski definition) is 11. The topological polar surface area (TPSA) is 129 Å². The van der Waals surface area contributed by atoms with Gasteiger partial charge in [0.25, 0.3) is 0 Å². The minimum atomic E-state index is -1.09. The highest BCUT2D eigenvalue weighted by Gasteiger charge is 2.49. The van der Waals surface area contributed by atoms with Crippen LogP contribution in [0.3, 0.4) is 0 Å². The number of nitrogens with one attached hydrogen (secondary N) is 2. The van der Waals surface area contributed by atoms with Gasteiger partial charge in [0, 0.05) is 28.4 Å². The molecule has 11 nitrogen and oxygen atoms in total. The summed E-state index contributed by atoms with van der Waals surface area (Å²) in [5.74, 6) is 0. The van der Waals surface area contributed by atoms with E-state index < -0.39 is 55.2 Å². The molecular formula is C18H36N2O9. The first-order valence-corrected chi connectivity index (χ1v) is 9.68. The van der Waals surface area contributed by atoms with Gasteiger partial charge in [0.15, 0.2) is 12.6 Å². The predicted molar refractivity (Wildman–Crippen MR) is 101 cm³/mol. The Morgan fingerprint density at radius 1 is 0.759 bits per heavy atom. The van der Waals surface area contributed by atoms with Crippen molar-refractivity contribution in [2.75, 3.05) is 55.7 Å². The Morgan fingerprint density at radius 3 is 1.76 bits per heavy atom. The molecule has 4 unspecified atom stereocenters. The van der Waals surface area contributed by atoms with E-state index in [0.717, 1.165) is 0 Å². The fourth-order valence-corrected chi connectivity index (χ4v) is 4.18. The first-order valence-electron chi connectivity index (χ1n) is 9.68. The second-order valence-electron chi connectivity index (χ2n) is 7.05. The van der Waals surface area contributed by atoms with Crippen molar-refractivity contribution in [3.05, 3.63) is 0 Å². The van der Waals surface area contributed by atoms with Crippen LogP contribution < -0.4 is 10.6 Å². The van der Waals surface area contributed by atoms with E-state index in [2.05, 4.69) is 10.6 Å². The molecule has 0 amide bonds. The van der Waals surface area contributed by atoms with Gasteiger partial charge in [0.2, 0.25) is 0 Å². The molecule has 0 aromatic rings. The van der Waals surface area contributed by atoms with Crippen molar-refractivity contribution in [2.45, 2.75) is 61.3 Å². The van der Waals surface area contributed by atoms with E-state index in [9.17, 15) is 10.2 Å². The molecule has 2 aliphatic rings. The molecule has 2 aliphatic heterocycles. The maximum atomic E-state index is 10.3. The van der Waals surface area contributed by atoms with Gasteiger partial charge in [-0.1, -0.05) is 0 Å². The van der Waals surface area contributed by atoms with Crippen LogP contribution in [-0.4, -0.2) is 127 Å². The van der Waals surface area contributed by atoms with Gasteiger partial charge in [-0.2, -0.15) is 0 Å². The summed E-state index contributed by atoms with van der Waals surface area (Å²) in [6, 6.07) is -0.804. The molecule has 2 fully saturated rings. The van der Waals surface area contributed by atoms with Gasteiger partial charge in [-0.05, 0) is 14.1 Å². The fourth-order valence-electron chi connectivity index (χ4n) is 4.18. The third-order valence-electron chi connectivity index (χ3n) is 5.67. The van der Waals surface area contributed by atoms with Crippen LogP contribution in [0.5, 0.6) is 0 Å². The van der Waals surface area contributed by atoms with Crippen LogP contribution >= 0.6 is 0 Å². The summed E-state index contributed by atoms with van der Waals surface area (Å²) in [4.78, 5) is 0. The van der Waals surface area contributed by atoms with Crippen LogP contribution in [0.15, 0.2) is 0 Å². The second-order valence-corrected chi connectivity index (χ2v) is 7.05. The monoisotopic (exact) mass is 424 g/mol. The smallest absolute Gasteiger partial charge is 0.176 e. The van der Waals surface area contributed by atoms with Gasteiger partial charge in [-0.3, -0.25) is 0 Å². The van der Waals surface area contributed by atoms with E-state index in [0.29, 0.717) is 0 Å². The number of aliphatic hydroxyl groups is 2. The highest BCUT2D eigenvalue weighted by atomic mass is 16.7. The molecule has 0 bridgehead atoms. The standard InChI is InChI=1S/C18H36N2O9/c1-19-11-15(25-5)14(24-4)10(28-17(11)22)8-27-18-12(20-2)16(26-6)13(23-3)9(7-21)29-18/h9-22H,7-8H2,1-6H3/t9?,10?,11-,12-,13+,14+,15?,16?,17+,18+/m0/s1. The Labute approximate surface area is 171 Å². The summed E-state index contributed by atoms with van der Waals surface area (Å²) in [7, 11) is 9.70. The summed E-state index contributed by atoms with van der Waals surface area (Å²) < 4.78 is 39.8. The minimum Gasteiger partial charge on any atom is -0.394 e. The van der Waals surface area contributed by atoms with Crippen molar-refractivity contribution in [1.82, 2.24) is 10.6 Å². The molecular weight excluding hydrogens is 388 g/mol. The van der Waals surface area contributed by atoms with Gasteiger partial charge in [0.1, 0.15) is 36.6 Å². The Morgan fingerprint density at radius 2 is 1.28 bits per heavy atom. The molecule has 2 heterocycles. The lowest BCUT2D eigenvalue weighted by Crippen LogP contribution is -2.66. The fraction of sp³-hybridized carbons (Fsp3) is 1.00. The molecule has 0 radical (unpaired) electrons. The largest absolute Gasteiger partial charge is 0.394 e. The van der Waals surface area contributed by atoms with Crippen molar-refractivity contribution in [3.63, 3.8) is 0 Å². The highest BCUT2D eigenvalue weighted by molar-refractivity contribution is 4.97. The maximum absolute atomic E-state index is 10.3. The summed E-state index contributed by atoms with van der Waals surface area (Å²) in [5, 5.41) is 26.1. The summed E-state index contributed by atoms with van der Waals surface area (Å²) in [6.07, 6.45) is -4.83. The third-order valence-corrected chi connectivity index (χ3v) is 5.67. The SMILES string of the molecule is CN[C@H]1C(OC)[C@H](OC)C(CO)O[C@H]1OCC1O[C@@H](O)[C@@H](NC)C(OC)[C@@H]1OC. The van der Waals surface area contributed by atoms with Gasteiger partial charge >= 0.3 is 0 Å². The van der Waals surface area contributed by atoms with Gasteiger partial charge in [0.05, 0.1) is 25.3 Å². The van der Waals surface area contributed by atoms with E-state index in [1.165, 1.54) is 0 Å². The summed E-state index contributed by atoms with van der Waals surface area (Å²) in [6.45, 7) is -0.176. The Balaban J connectivity index is 2.11. The Bertz CT molecular complexity index is 475. The molecule has 10 atom stereocenters. The molecule has 4 N–H and O–H groups in total. The zero-order valence-electron chi connectivity index (χ0n) is 17.9. The molecule has 0 saturated carbocycles. The molecule has 0 aromatic carbocycles. The van der Waals surface area contributed by atoms with Gasteiger partial charge in [-0.25, -0.2) is 0 Å². The lowest BCUT2D eigenvalue weighted by Gasteiger charge is -2.46. The molecule has 0 aromatic heterocycles. The molecule has 2 saturated heterocycles. The first kappa shape index (κ1) is 24.8. The van der Waals surface area contributed by atoms with E-state index in [1.807, 2.05) is 0 Å². The van der Waals surface area contributed by atoms with Crippen LogP contribution in [-0.2, 0) is 33.2 Å². The molecule has 2 rings (SSSR count). The molecule has 0 spiro atoms. The van der Waals surface area contributed by atoms with E-state index in [4.69, 9.17) is 33.2 Å². The van der Waals surface area contributed by atoms with Crippen molar-refractivity contribution in [3.8, 4) is 0 Å².